The van der Waals surface area contributed by atoms with Crippen LogP contribution >= 0.6 is 0 Å². The minimum absolute atomic E-state index is 1.28. The predicted octanol–water partition coefficient (Wildman–Crippen LogP) is 3.88. The number of hydrogen-bond donors (Lipinski definition) is 2. The summed E-state index contributed by atoms with van der Waals surface area (Å²) in [7, 11) is 0. The van der Waals surface area contributed by atoms with Crippen LogP contribution in [0.5, 0.6) is 0 Å². The van der Waals surface area contributed by atoms with Crippen LogP contribution in [-0.4, -0.2) is 16.4 Å². The maximum Gasteiger partial charge on any atom is 0.503 e. The molecule has 0 fully saturated rings. The van der Waals surface area contributed by atoms with Gasteiger partial charge in [-0.3, -0.25) is 0 Å². The molecule has 0 aliphatic carbocycles. The SMILES string of the molecule is Cc1ccc(-c2ccccc2)cc1.O=C(O)O. The molecule has 0 unspecified atom stereocenters. The van der Waals surface area contributed by atoms with Crippen molar-refractivity contribution < 1.29 is 15.0 Å². The second kappa shape index (κ2) is 6.33. The van der Waals surface area contributed by atoms with Crippen LogP contribution in [0.1, 0.15) is 5.56 Å². The monoisotopic (exact) mass is 230 g/mol. The average molecular weight is 230 g/mol. The topological polar surface area (TPSA) is 57.5 Å². The molecule has 2 aromatic rings. The van der Waals surface area contributed by atoms with Gasteiger partial charge in [-0.25, -0.2) is 4.79 Å². The standard InChI is InChI=1S/C13H12.CH2O3/c1-11-7-9-13(10-8-11)12-5-3-2-4-6-12;2-1(3)4/h2-10H,1H3;(H2,2,3,4). The summed E-state index contributed by atoms with van der Waals surface area (Å²) in [4.78, 5) is 8.56. The maximum absolute atomic E-state index is 8.56. The molecule has 88 valence electrons. The fourth-order valence-corrected chi connectivity index (χ4v) is 1.38. The Labute approximate surface area is 100.0 Å². The molecule has 0 saturated carbocycles. The number of aryl methyl sites for hydroxylation is 1. The molecule has 2 N–H and O–H groups in total. The fraction of sp³-hybridized carbons (Fsp3) is 0.0714. The first-order valence-electron chi connectivity index (χ1n) is 5.13. The van der Waals surface area contributed by atoms with Gasteiger partial charge in [0.2, 0.25) is 0 Å². The Bertz CT molecular complexity index is 457. The quantitative estimate of drug-likeness (QED) is 0.781. The maximum atomic E-state index is 8.56. The van der Waals surface area contributed by atoms with Crippen molar-refractivity contribution >= 4 is 6.16 Å². The molecule has 0 spiro atoms. The van der Waals surface area contributed by atoms with E-state index in [0.717, 1.165) is 0 Å². The number of hydrogen-bond acceptors (Lipinski definition) is 1. The van der Waals surface area contributed by atoms with E-state index in [1.54, 1.807) is 0 Å². The molecule has 0 heterocycles. The molecule has 0 aliphatic rings. The highest BCUT2D eigenvalue weighted by Gasteiger charge is 1.93. The lowest BCUT2D eigenvalue weighted by Gasteiger charge is -2.00. The molecule has 3 nitrogen and oxygen atoms in total. The van der Waals surface area contributed by atoms with Gasteiger partial charge in [-0.2, -0.15) is 0 Å². The van der Waals surface area contributed by atoms with Crippen LogP contribution in [0.4, 0.5) is 4.79 Å². The Balaban J connectivity index is 0.000000317. The number of rotatable bonds is 1. The molecule has 17 heavy (non-hydrogen) atoms. The highest BCUT2D eigenvalue weighted by atomic mass is 16.6. The van der Waals surface area contributed by atoms with Crippen molar-refractivity contribution in [2.45, 2.75) is 6.92 Å². The number of benzene rings is 2. The van der Waals surface area contributed by atoms with E-state index in [0.29, 0.717) is 0 Å². The minimum Gasteiger partial charge on any atom is -0.450 e. The minimum atomic E-state index is -1.83. The Morgan fingerprint density at radius 2 is 1.24 bits per heavy atom. The second-order valence-electron chi connectivity index (χ2n) is 3.51. The Hall–Kier alpha value is -2.29. The van der Waals surface area contributed by atoms with Gasteiger partial charge in [0.05, 0.1) is 0 Å². The zero-order chi connectivity index (χ0) is 12.7. The highest BCUT2D eigenvalue weighted by molar-refractivity contribution is 5.63. The third-order valence-electron chi connectivity index (χ3n) is 2.16. The molecule has 0 aliphatic heterocycles. The van der Waals surface area contributed by atoms with Crippen LogP contribution in [-0.2, 0) is 0 Å². The predicted molar refractivity (Wildman–Crippen MR) is 67.3 cm³/mol. The van der Waals surface area contributed by atoms with Gasteiger partial charge in [0, 0.05) is 0 Å². The first-order valence-corrected chi connectivity index (χ1v) is 5.13. The molecule has 0 aromatic heterocycles. The van der Waals surface area contributed by atoms with Crippen molar-refractivity contribution in [3.05, 3.63) is 60.2 Å². The fourth-order valence-electron chi connectivity index (χ4n) is 1.38. The normalized spacial score (nSPS) is 9.00. The van der Waals surface area contributed by atoms with Gasteiger partial charge >= 0.3 is 6.16 Å². The van der Waals surface area contributed by atoms with Gasteiger partial charge in [-0.05, 0) is 18.1 Å². The smallest absolute Gasteiger partial charge is 0.450 e. The Morgan fingerprint density at radius 1 is 0.824 bits per heavy atom. The van der Waals surface area contributed by atoms with Crippen molar-refractivity contribution in [3.63, 3.8) is 0 Å². The molecule has 2 rings (SSSR count). The van der Waals surface area contributed by atoms with Crippen molar-refractivity contribution in [2.75, 3.05) is 0 Å². The summed E-state index contributed by atoms with van der Waals surface area (Å²) in [5.41, 5.74) is 3.87. The van der Waals surface area contributed by atoms with E-state index in [1.807, 2.05) is 6.07 Å². The van der Waals surface area contributed by atoms with Crippen LogP contribution in [0.3, 0.4) is 0 Å². The molecular formula is C14H14O3. The number of carboxylic acid groups (broad SMARTS) is 2. The molecular weight excluding hydrogens is 216 g/mol. The van der Waals surface area contributed by atoms with E-state index in [1.165, 1.54) is 16.7 Å². The van der Waals surface area contributed by atoms with E-state index in [9.17, 15) is 0 Å². The van der Waals surface area contributed by atoms with Crippen molar-refractivity contribution in [3.8, 4) is 11.1 Å². The lowest BCUT2D eigenvalue weighted by molar-refractivity contribution is 0.137. The summed E-state index contributed by atoms with van der Waals surface area (Å²) >= 11 is 0. The third-order valence-corrected chi connectivity index (χ3v) is 2.16. The average Bonchev–Trinajstić information content (AvgIpc) is 2.30. The summed E-state index contributed by atoms with van der Waals surface area (Å²) in [6, 6.07) is 19.0. The molecule has 2 aromatic carbocycles. The van der Waals surface area contributed by atoms with Gasteiger partial charge in [-0.1, -0.05) is 60.2 Å². The first kappa shape index (κ1) is 12.8. The summed E-state index contributed by atoms with van der Waals surface area (Å²) in [6.07, 6.45) is -1.83. The van der Waals surface area contributed by atoms with E-state index < -0.39 is 6.16 Å². The van der Waals surface area contributed by atoms with Gasteiger partial charge in [0.25, 0.3) is 0 Å². The van der Waals surface area contributed by atoms with Crippen LogP contribution in [0.15, 0.2) is 54.6 Å². The Kier molecular flexibility index (Phi) is 4.76. The first-order chi connectivity index (χ1) is 8.09. The highest BCUT2D eigenvalue weighted by Crippen LogP contribution is 2.18. The summed E-state index contributed by atoms with van der Waals surface area (Å²) in [5, 5.41) is 13.9. The van der Waals surface area contributed by atoms with Crippen molar-refractivity contribution in [1.29, 1.82) is 0 Å². The molecule has 0 atom stereocenters. The van der Waals surface area contributed by atoms with E-state index >= 15 is 0 Å². The molecule has 0 radical (unpaired) electrons. The summed E-state index contributed by atoms with van der Waals surface area (Å²) in [5.74, 6) is 0. The van der Waals surface area contributed by atoms with Gasteiger partial charge in [0.1, 0.15) is 0 Å². The van der Waals surface area contributed by atoms with Crippen LogP contribution < -0.4 is 0 Å². The Morgan fingerprint density at radius 3 is 1.71 bits per heavy atom. The lowest BCUT2D eigenvalue weighted by Crippen LogP contribution is -1.81. The third kappa shape index (κ3) is 4.84. The molecule has 0 saturated heterocycles. The lowest BCUT2D eigenvalue weighted by atomic mass is 10.0. The molecule has 0 amide bonds. The van der Waals surface area contributed by atoms with Crippen LogP contribution in [0.25, 0.3) is 11.1 Å². The van der Waals surface area contributed by atoms with Gasteiger partial charge in [0.15, 0.2) is 0 Å². The van der Waals surface area contributed by atoms with Gasteiger partial charge < -0.3 is 10.2 Å². The van der Waals surface area contributed by atoms with Crippen molar-refractivity contribution in [1.82, 2.24) is 0 Å². The van der Waals surface area contributed by atoms with E-state index in [4.69, 9.17) is 15.0 Å². The molecule has 0 bridgehead atoms. The molecule has 3 heteroatoms. The van der Waals surface area contributed by atoms with E-state index in [2.05, 4.69) is 55.5 Å². The summed E-state index contributed by atoms with van der Waals surface area (Å²) in [6.45, 7) is 2.11. The zero-order valence-electron chi connectivity index (χ0n) is 9.50. The second-order valence-corrected chi connectivity index (χ2v) is 3.51. The summed E-state index contributed by atoms with van der Waals surface area (Å²) < 4.78 is 0. The van der Waals surface area contributed by atoms with Gasteiger partial charge in [-0.15, -0.1) is 0 Å². The van der Waals surface area contributed by atoms with Crippen LogP contribution in [0, 0.1) is 6.92 Å². The van der Waals surface area contributed by atoms with Crippen LogP contribution in [0.2, 0.25) is 0 Å². The van der Waals surface area contributed by atoms with E-state index in [-0.39, 0.29) is 0 Å². The largest absolute Gasteiger partial charge is 0.503 e. The zero-order valence-corrected chi connectivity index (χ0v) is 9.50. The number of carbonyl (C=O) groups is 1. The van der Waals surface area contributed by atoms with Crippen molar-refractivity contribution in [2.24, 2.45) is 0 Å².